The van der Waals surface area contributed by atoms with Gasteiger partial charge in [0.05, 0.1) is 0 Å². The SMILES string of the molecule is C=CC(F)(F)c1ccc(Oc2ccccc2)cc1. The number of hydrogen-bond donors (Lipinski definition) is 0. The molecule has 0 aliphatic heterocycles. The minimum absolute atomic E-state index is 0.0992. The molecule has 0 N–H and O–H groups in total. The summed E-state index contributed by atoms with van der Waals surface area (Å²) in [4.78, 5) is 0. The molecule has 0 bridgehead atoms. The summed E-state index contributed by atoms with van der Waals surface area (Å²) in [6.07, 6.45) is 0.625. The van der Waals surface area contributed by atoms with Crippen LogP contribution in [-0.2, 0) is 5.92 Å². The number of ether oxygens (including phenoxy) is 1. The summed E-state index contributed by atoms with van der Waals surface area (Å²) >= 11 is 0. The quantitative estimate of drug-likeness (QED) is 0.707. The van der Waals surface area contributed by atoms with E-state index >= 15 is 0 Å². The first-order valence-corrected chi connectivity index (χ1v) is 5.47. The van der Waals surface area contributed by atoms with Gasteiger partial charge in [0.25, 0.3) is 5.92 Å². The van der Waals surface area contributed by atoms with Gasteiger partial charge in [0, 0.05) is 5.56 Å². The molecular formula is C15H12F2O. The number of alkyl halides is 2. The average Bonchev–Trinajstić information content (AvgIpc) is 2.40. The second kappa shape index (κ2) is 5.00. The van der Waals surface area contributed by atoms with Gasteiger partial charge in [-0.1, -0.05) is 24.8 Å². The molecule has 0 amide bonds. The molecule has 0 aliphatic carbocycles. The molecule has 2 aromatic rings. The topological polar surface area (TPSA) is 9.23 Å². The smallest absolute Gasteiger partial charge is 0.291 e. The molecule has 2 rings (SSSR count). The van der Waals surface area contributed by atoms with Crippen LogP contribution in [-0.4, -0.2) is 0 Å². The third-order valence-electron chi connectivity index (χ3n) is 2.47. The van der Waals surface area contributed by atoms with E-state index in [4.69, 9.17) is 4.74 Å². The predicted molar refractivity (Wildman–Crippen MR) is 67.0 cm³/mol. The van der Waals surface area contributed by atoms with Crippen molar-refractivity contribution in [2.45, 2.75) is 5.92 Å². The van der Waals surface area contributed by atoms with Crippen LogP contribution in [0.3, 0.4) is 0 Å². The van der Waals surface area contributed by atoms with Crippen molar-refractivity contribution < 1.29 is 13.5 Å². The summed E-state index contributed by atoms with van der Waals surface area (Å²) in [5, 5.41) is 0. The Morgan fingerprint density at radius 2 is 1.44 bits per heavy atom. The van der Waals surface area contributed by atoms with Crippen molar-refractivity contribution in [2.75, 3.05) is 0 Å². The molecule has 0 spiro atoms. The minimum atomic E-state index is -3.01. The number of allylic oxidation sites excluding steroid dienone is 1. The van der Waals surface area contributed by atoms with Crippen molar-refractivity contribution in [2.24, 2.45) is 0 Å². The van der Waals surface area contributed by atoms with Crippen molar-refractivity contribution in [1.29, 1.82) is 0 Å². The lowest BCUT2D eigenvalue weighted by atomic mass is 10.1. The van der Waals surface area contributed by atoms with Crippen LogP contribution in [0, 0.1) is 0 Å². The Hall–Kier alpha value is -2.16. The van der Waals surface area contributed by atoms with Crippen molar-refractivity contribution in [3.8, 4) is 11.5 Å². The van der Waals surface area contributed by atoms with Crippen molar-refractivity contribution in [3.05, 3.63) is 72.8 Å². The van der Waals surface area contributed by atoms with E-state index in [0.29, 0.717) is 17.6 Å². The highest BCUT2D eigenvalue weighted by atomic mass is 19.3. The second-order valence-electron chi connectivity index (χ2n) is 3.77. The maximum Gasteiger partial charge on any atom is 0.291 e. The van der Waals surface area contributed by atoms with E-state index in [1.807, 2.05) is 18.2 Å². The van der Waals surface area contributed by atoms with Crippen LogP contribution in [0.25, 0.3) is 0 Å². The van der Waals surface area contributed by atoms with E-state index in [1.165, 1.54) is 24.3 Å². The maximum absolute atomic E-state index is 13.3. The van der Waals surface area contributed by atoms with Crippen LogP contribution in [0.1, 0.15) is 5.56 Å². The number of para-hydroxylation sites is 1. The fourth-order valence-corrected chi connectivity index (χ4v) is 1.49. The first-order chi connectivity index (χ1) is 8.62. The summed E-state index contributed by atoms with van der Waals surface area (Å²) in [6, 6.07) is 14.9. The Morgan fingerprint density at radius 3 is 2.00 bits per heavy atom. The molecule has 0 unspecified atom stereocenters. The van der Waals surface area contributed by atoms with Gasteiger partial charge in [-0.3, -0.25) is 0 Å². The standard InChI is InChI=1S/C15H12F2O/c1-2-15(16,17)12-8-10-14(11-9-12)18-13-6-4-3-5-7-13/h2-11H,1H2. The monoisotopic (exact) mass is 246 g/mol. The number of benzene rings is 2. The van der Waals surface area contributed by atoms with E-state index in [1.54, 1.807) is 12.1 Å². The summed E-state index contributed by atoms with van der Waals surface area (Å²) < 4.78 is 32.1. The lowest BCUT2D eigenvalue weighted by Gasteiger charge is -2.12. The zero-order valence-corrected chi connectivity index (χ0v) is 9.64. The van der Waals surface area contributed by atoms with E-state index in [-0.39, 0.29) is 5.56 Å². The van der Waals surface area contributed by atoms with Gasteiger partial charge in [0.15, 0.2) is 0 Å². The Labute approximate surface area is 104 Å². The van der Waals surface area contributed by atoms with Crippen molar-refractivity contribution >= 4 is 0 Å². The van der Waals surface area contributed by atoms with Crippen molar-refractivity contribution in [1.82, 2.24) is 0 Å². The number of rotatable bonds is 4. The van der Waals surface area contributed by atoms with Gasteiger partial charge in [-0.25, -0.2) is 0 Å². The Morgan fingerprint density at radius 1 is 0.889 bits per heavy atom. The largest absolute Gasteiger partial charge is 0.457 e. The van der Waals surface area contributed by atoms with Crippen LogP contribution in [0.5, 0.6) is 11.5 Å². The molecule has 0 fully saturated rings. The summed E-state index contributed by atoms with van der Waals surface area (Å²) in [7, 11) is 0. The van der Waals surface area contributed by atoms with Gasteiger partial charge < -0.3 is 4.74 Å². The van der Waals surface area contributed by atoms with Gasteiger partial charge in [0.2, 0.25) is 0 Å². The first-order valence-electron chi connectivity index (χ1n) is 5.47. The highest BCUT2D eigenvalue weighted by molar-refractivity contribution is 5.35. The van der Waals surface area contributed by atoms with Gasteiger partial charge in [-0.15, -0.1) is 0 Å². The Balaban J connectivity index is 2.16. The average molecular weight is 246 g/mol. The molecular weight excluding hydrogens is 234 g/mol. The van der Waals surface area contributed by atoms with Gasteiger partial charge in [-0.05, 0) is 42.5 Å². The molecule has 0 heterocycles. The van der Waals surface area contributed by atoms with Crippen LogP contribution in [0.4, 0.5) is 8.78 Å². The number of halogens is 2. The lowest BCUT2D eigenvalue weighted by Crippen LogP contribution is -2.08. The molecule has 0 saturated carbocycles. The zero-order chi connectivity index (χ0) is 13.0. The first kappa shape index (κ1) is 12.3. The van der Waals surface area contributed by atoms with E-state index in [2.05, 4.69) is 6.58 Å². The molecule has 0 saturated heterocycles. The molecule has 18 heavy (non-hydrogen) atoms. The third-order valence-corrected chi connectivity index (χ3v) is 2.47. The molecule has 0 aromatic heterocycles. The minimum Gasteiger partial charge on any atom is -0.457 e. The molecule has 0 aliphatic rings. The molecule has 92 valence electrons. The van der Waals surface area contributed by atoms with Crippen LogP contribution < -0.4 is 4.74 Å². The van der Waals surface area contributed by atoms with Crippen LogP contribution >= 0.6 is 0 Å². The molecule has 3 heteroatoms. The Bertz CT molecular complexity index is 518. The van der Waals surface area contributed by atoms with Crippen LogP contribution in [0.2, 0.25) is 0 Å². The molecule has 0 atom stereocenters. The molecule has 0 radical (unpaired) electrons. The van der Waals surface area contributed by atoms with Gasteiger partial charge in [0.1, 0.15) is 11.5 Å². The second-order valence-corrected chi connectivity index (χ2v) is 3.77. The third kappa shape index (κ3) is 2.74. The summed E-state index contributed by atoms with van der Waals surface area (Å²) in [5.74, 6) is -1.82. The zero-order valence-electron chi connectivity index (χ0n) is 9.64. The van der Waals surface area contributed by atoms with Crippen LogP contribution in [0.15, 0.2) is 67.3 Å². The fraction of sp³-hybridized carbons (Fsp3) is 0.0667. The summed E-state index contributed by atoms with van der Waals surface area (Å²) in [5.41, 5.74) is -0.0992. The van der Waals surface area contributed by atoms with E-state index in [9.17, 15) is 8.78 Å². The Kier molecular flexibility index (Phi) is 3.42. The van der Waals surface area contributed by atoms with E-state index < -0.39 is 5.92 Å². The maximum atomic E-state index is 13.3. The normalized spacial score (nSPS) is 11.0. The number of hydrogen-bond acceptors (Lipinski definition) is 1. The summed E-state index contributed by atoms with van der Waals surface area (Å²) in [6.45, 7) is 3.12. The predicted octanol–water partition coefficient (Wildman–Crippen LogP) is 4.76. The fourth-order valence-electron chi connectivity index (χ4n) is 1.49. The molecule has 2 aromatic carbocycles. The van der Waals surface area contributed by atoms with Crippen molar-refractivity contribution in [3.63, 3.8) is 0 Å². The highest BCUT2D eigenvalue weighted by Gasteiger charge is 2.26. The van der Waals surface area contributed by atoms with E-state index in [0.717, 1.165) is 0 Å². The highest BCUT2D eigenvalue weighted by Crippen LogP contribution is 2.31. The van der Waals surface area contributed by atoms with Gasteiger partial charge in [-0.2, -0.15) is 8.78 Å². The van der Waals surface area contributed by atoms with Gasteiger partial charge >= 0.3 is 0 Å². The lowest BCUT2D eigenvalue weighted by molar-refractivity contribution is 0.0525. The molecule has 1 nitrogen and oxygen atoms in total.